The minimum atomic E-state index is -0.269. The van der Waals surface area contributed by atoms with Gasteiger partial charge in [-0.3, -0.25) is 4.79 Å². The molecule has 3 aromatic rings. The van der Waals surface area contributed by atoms with Crippen LogP contribution >= 0.6 is 15.9 Å². The number of benzene rings is 2. The van der Waals surface area contributed by atoms with Gasteiger partial charge in [-0.25, -0.2) is 9.97 Å². The molecule has 126 valence electrons. The topological polar surface area (TPSA) is 66.9 Å². The third kappa shape index (κ3) is 4.64. The van der Waals surface area contributed by atoms with Gasteiger partial charge in [-0.15, -0.1) is 0 Å². The molecule has 0 radical (unpaired) electrons. The van der Waals surface area contributed by atoms with E-state index in [4.69, 9.17) is 0 Å². The van der Waals surface area contributed by atoms with Crippen LogP contribution in [0.4, 0.5) is 17.2 Å². The maximum atomic E-state index is 12.5. The van der Waals surface area contributed by atoms with E-state index in [1.54, 1.807) is 13.0 Å². The Morgan fingerprint density at radius 1 is 0.960 bits per heavy atom. The van der Waals surface area contributed by atoms with Gasteiger partial charge in [-0.05, 0) is 55.8 Å². The average Bonchev–Trinajstić information content (AvgIpc) is 2.56. The van der Waals surface area contributed by atoms with E-state index in [0.29, 0.717) is 17.3 Å². The Balaban J connectivity index is 1.80. The van der Waals surface area contributed by atoms with E-state index in [-0.39, 0.29) is 5.91 Å². The number of amides is 1. The summed E-state index contributed by atoms with van der Waals surface area (Å²) in [6.07, 6.45) is 0. The fraction of sp³-hybridized carbons (Fsp3) is 0.105. The Kier molecular flexibility index (Phi) is 5.09. The Bertz CT molecular complexity index is 910. The molecule has 3 rings (SSSR count). The van der Waals surface area contributed by atoms with Crippen LogP contribution < -0.4 is 10.6 Å². The number of nitrogens with one attached hydrogen (secondary N) is 2. The van der Waals surface area contributed by atoms with Crippen LogP contribution in [0.25, 0.3) is 0 Å². The molecule has 25 heavy (non-hydrogen) atoms. The SMILES string of the molecule is Cc1cccc(NC(=O)c2cc(Nc3ccc(Br)cc3)nc(C)n2)c1. The van der Waals surface area contributed by atoms with Crippen LogP contribution in [0.1, 0.15) is 21.9 Å². The van der Waals surface area contributed by atoms with Gasteiger partial charge in [0, 0.05) is 21.9 Å². The van der Waals surface area contributed by atoms with Crippen molar-refractivity contribution in [3.05, 3.63) is 76.2 Å². The quantitative estimate of drug-likeness (QED) is 0.661. The van der Waals surface area contributed by atoms with Gasteiger partial charge in [0.1, 0.15) is 17.3 Å². The first kappa shape index (κ1) is 17.1. The molecule has 1 amide bonds. The fourth-order valence-electron chi connectivity index (χ4n) is 2.35. The highest BCUT2D eigenvalue weighted by molar-refractivity contribution is 9.10. The molecule has 0 spiro atoms. The minimum absolute atomic E-state index is 0.269. The van der Waals surface area contributed by atoms with Crippen LogP contribution in [0.3, 0.4) is 0 Å². The second-order valence-corrected chi connectivity index (χ2v) is 6.56. The molecule has 0 bridgehead atoms. The van der Waals surface area contributed by atoms with Gasteiger partial charge in [-0.1, -0.05) is 28.1 Å². The van der Waals surface area contributed by atoms with E-state index in [1.165, 1.54) is 0 Å². The van der Waals surface area contributed by atoms with Gasteiger partial charge in [0.25, 0.3) is 5.91 Å². The minimum Gasteiger partial charge on any atom is -0.340 e. The molecule has 0 atom stereocenters. The molecular weight excluding hydrogens is 380 g/mol. The number of halogens is 1. The maximum absolute atomic E-state index is 12.5. The zero-order chi connectivity index (χ0) is 17.8. The Hall–Kier alpha value is -2.73. The zero-order valence-electron chi connectivity index (χ0n) is 13.9. The van der Waals surface area contributed by atoms with Crippen LogP contribution in [0.2, 0.25) is 0 Å². The monoisotopic (exact) mass is 396 g/mol. The third-order valence-electron chi connectivity index (χ3n) is 3.46. The number of hydrogen-bond donors (Lipinski definition) is 2. The fourth-order valence-corrected chi connectivity index (χ4v) is 2.61. The molecule has 0 unspecified atom stereocenters. The summed E-state index contributed by atoms with van der Waals surface area (Å²) >= 11 is 3.40. The van der Waals surface area contributed by atoms with E-state index in [2.05, 4.69) is 36.5 Å². The predicted octanol–water partition coefficient (Wildman–Crippen LogP) is 4.85. The highest BCUT2D eigenvalue weighted by atomic mass is 79.9. The molecule has 1 aromatic heterocycles. The Morgan fingerprint density at radius 2 is 1.72 bits per heavy atom. The molecule has 0 saturated carbocycles. The second kappa shape index (κ2) is 7.44. The molecule has 1 heterocycles. The maximum Gasteiger partial charge on any atom is 0.274 e. The van der Waals surface area contributed by atoms with Crippen LogP contribution in [0.5, 0.6) is 0 Å². The highest BCUT2D eigenvalue weighted by Crippen LogP contribution is 2.19. The molecule has 2 aromatic carbocycles. The first-order chi connectivity index (χ1) is 12.0. The lowest BCUT2D eigenvalue weighted by molar-refractivity contribution is 0.102. The van der Waals surface area contributed by atoms with Crippen molar-refractivity contribution in [2.24, 2.45) is 0 Å². The van der Waals surface area contributed by atoms with Gasteiger partial charge >= 0.3 is 0 Å². The first-order valence-corrected chi connectivity index (χ1v) is 8.55. The number of rotatable bonds is 4. The van der Waals surface area contributed by atoms with Crippen LogP contribution in [-0.2, 0) is 0 Å². The smallest absolute Gasteiger partial charge is 0.274 e. The summed E-state index contributed by atoms with van der Waals surface area (Å²) in [6, 6.07) is 17.0. The average molecular weight is 397 g/mol. The van der Waals surface area contributed by atoms with Crippen molar-refractivity contribution in [3.63, 3.8) is 0 Å². The number of hydrogen-bond acceptors (Lipinski definition) is 4. The van der Waals surface area contributed by atoms with Crippen LogP contribution in [-0.4, -0.2) is 15.9 Å². The van der Waals surface area contributed by atoms with Crippen molar-refractivity contribution in [1.29, 1.82) is 0 Å². The number of carbonyl (C=O) groups excluding carboxylic acids is 1. The molecule has 0 saturated heterocycles. The van der Waals surface area contributed by atoms with Crippen LogP contribution in [0.15, 0.2) is 59.1 Å². The van der Waals surface area contributed by atoms with Gasteiger partial charge in [-0.2, -0.15) is 0 Å². The molecule has 0 aliphatic heterocycles. The number of carbonyl (C=O) groups is 1. The van der Waals surface area contributed by atoms with E-state index < -0.39 is 0 Å². The lowest BCUT2D eigenvalue weighted by atomic mass is 10.2. The van der Waals surface area contributed by atoms with E-state index in [9.17, 15) is 4.79 Å². The summed E-state index contributed by atoms with van der Waals surface area (Å²) in [6.45, 7) is 3.74. The summed E-state index contributed by atoms with van der Waals surface area (Å²) in [5.41, 5.74) is 3.01. The molecule has 0 aliphatic carbocycles. The van der Waals surface area contributed by atoms with Crippen molar-refractivity contribution in [1.82, 2.24) is 9.97 Å². The Labute approximate surface area is 154 Å². The summed E-state index contributed by atoms with van der Waals surface area (Å²) in [7, 11) is 0. The zero-order valence-corrected chi connectivity index (χ0v) is 15.5. The molecule has 0 fully saturated rings. The molecule has 0 aliphatic rings. The number of nitrogens with zero attached hydrogens (tertiary/aromatic N) is 2. The third-order valence-corrected chi connectivity index (χ3v) is 3.99. The van der Waals surface area contributed by atoms with Gasteiger partial charge < -0.3 is 10.6 Å². The standard InChI is InChI=1S/C19H17BrN4O/c1-12-4-3-5-16(10-12)24-19(25)17-11-18(22-13(2)21-17)23-15-8-6-14(20)7-9-15/h3-11H,1-2H3,(H,24,25)(H,21,22,23). The van der Waals surface area contributed by atoms with Crippen molar-refractivity contribution in [2.75, 3.05) is 10.6 Å². The van der Waals surface area contributed by atoms with Gasteiger partial charge in [0.15, 0.2) is 0 Å². The summed E-state index contributed by atoms with van der Waals surface area (Å²) < 4.78 is 0.995. The second-order valence-electron chi connectivity index (χ2n) is 5.64. The van der Waals surface area contributed by atoms with E-state index >= 15 is 0 Å². The number of aryl methyl sites for hydroxylation is 2. The number of anilines is 3. The van der Waals surface area contributed by atoms with Crippen molar-refractivity contribution >= 4 is 39.0 Å². The normalized spacial score (nSPS) is 10.4. The van der Waals surface area contributed by atoms with Gasteiger partial charge in [0.05, 0.1) is 0 Å². The number of aromatic nitrogens is 2. The largest absolute Gasteiger partial charge is 0.340 e. The molecular formula is C19H17BrN4O. The van der Waals surface area contributed by atoms with Crippen molar-refractivity contribution in [3.8, 4) is 0 Å². The first-order valence-electron chi connectivity index (χ1n) is 7.76. The summed E-state index contributed by atoms with van der Waals surface area (Å²) in [5.74, 6) is 0.829. The van der Waals surface area contributed by atoms with Crippen molar-refractivity contribution in [2.45, 2.75) is 13.8 Å². The lowest BCUT2D eigenvalue weighted by Crippen LogP contribution is -2.15. The molecule has 2 N–H and O–H groups in total. The summed E-state index contributed by atoms with van der Waals surface area (Å²) in [4.78, 5) is 21.1. The van der Waals surface area contributed by atoms with Crippen LogP contribution in [0, 0.1) is 13.8 Å². The predicted molar refractivity (Wildman–Crippen MR) is 103 cm³/mol. The lowest BCUT2D eigenvalue weighted by Gasteiger charge is -2.09. The van der Waals surface area contributed by atoms with Gasteiger partial charge in [0.2, 0.25) is 0 Å². The molecule has 5 nitrogen and oxygen atoms in total. The van der Waals surface area contributed by atoms with E-state index in [1.807, 2.05) is 55.5 Å². The van der Waals surface area contributed by atoms with E-state index in [0.717, 1.165) is 21.4 Å². The highest BCUT2D eigenvalue weighted by Gasteiger charge is 2.11. The molecule has 6 heteroatoms. The summed E-state index contributed by atoms with van der Waals surface area (Å²) in [5, 5.41) is 6.05. The Morgan fingerprint density at radius 3 is 2.44 bits per heavy atom. The van der Waals surface area contributed by atoms with Crippen molar-refractivity contribution < 1.29 is 4.79 Å².